The minimum absolute atomic E-state index is 0.0721. The van der Waals surface area contributed by atoms with Crippen molar-refractivity contribution in [1.29, 1.82) is 5.26 Å². The molecule has 0 heterocycles. The van der Waals surface area contributed by atoms with E-state index in [4.69, 9.17) is 5.26 Å². The number of hydrogen-bond acceptors (Lipinski definition) is 4. The fourth-order valence-corrected chi connectivity index (χ4v) is 1.75. The van der Waals surface area contributed by atoms with E-state index in [2.05, 4.69) is 9.46 Å². The van der Waals surface area contributed by atoms with E-state index in [0.29, 0.717) is 0 Å². The first-order chi connectivity index (χ1) is 7.48. The van der Waals surface area contributed by atoms with Crippen molar-refractivity contribution in [1.82, 2.24) is 0 Å². The van der Waals surface area contributed by atoms with Crippen LogP contribution in [0.4, 0.5) is 10.1 Å². The van der Waals surface area contributed by atoms with E-state index in [1.54, 1.807) is 0 Å². The molecule has 0 amide bonds. The van der Waals surface area contributed by atoms with Crippen LogP contribution in [0.3, 0.4) is 0 Å². The molecule has 1 aromatic carbocycles. The van der Waals surface area contributed by atoms with Crippen LogP contribution in [0.1, 0.15) is 0 Å². The highest BCUT2D eigenvalue weighted by Crippen LogP contribution is 2.22. The molecule has 1 aromatic rings. The summed E-state index contributed by atoms with van der Waals surface area (Å²) in [6, 6.07) is 5.03. The van der Waals surface area contributed by atoms with Gasteiger partial charge in [-0.3, -0.25) is 4.72 Å². The molecule has 0 saturated heterocycles. The number of halogens is 1. The molecule has 1 N–H and O–H groups in total. The zero-order valence-corrected chi connectivity index (χ0v) is 9.21. The number of nitriles is 1. The van der Waals surface area contributed by atoms with Crippen molar-refractivity contribution in [3.8, 4) is 11.8 Å². The first-order valence-electron chi connectivity index (χ1n) is 4.19. The van der Waals surface area contributed by atoms with E-state index >= 15 is 0 Å². The second-order valence-electron chi connectivity index (χ2n) is 2.87. The van der Waals surface area contributed by atoms with E-state index < -0.39 is 21.6 Å². The molecule has 0 aliphatic rings. The van der Waals surface area contributed by atoms with Gasteiger partial charge in [-0.2, -0.15) is 5.26 Å². The Balaban J connectivity index is 2.96. The predicted molar refractivity (Wildman–Crippen MR) is 56.0 cm³/mol. The van der Waals surface area contributed by atoms with E-state index in [1.165, 1.54) is 25.3 Å². The van der Waals surface area contributed by atoms with Crippen molar-refractivity contribution < 1.29 is 17.5 Å². The van der Waals surface area contributed by atoms with Crippen LogP contribution in [0.2, 0.25) is 0 Å². The molecule has 5 nitrogen and oxygen atoms in total. The van der Waals surface area contributed by atoms with Gasteiger partial charge in [-0.1, -0.05) is 0 Å². The van der Waals surface area contributed by atoms with Gasteiger partial charge in [-0.15, -0.1) is 0 Å². The summed E-state index contributed by atoms with van der Waals surface area (Å²) in [4.78, 5) is 0. The molecule has 0 spiro atoms. The molecule has 0 unspecified atom stereocenters. The second kappa shape index (κ2) is 4.81. The maximum atomic E-state index is 13.0. The number of rotatable bonds is 4. The summed E-state index contributed by atoms with van der Waals surface area (Å²) in [5, 5.41) is 8.27. The zero-order valence-electron chi connectivity index (χ0n) is 8.40. The highest BCUT2D eigenvalue weighted by atomic mass is 32.2. The Morgan fingerprint density at radius 2 is 2.25 bits per heavy atom. The minimum Gasteiger partial charge on any atom is -0.494 e. The van der Waals surface area contributed by atoms with Crippen molar-refractivity contribution in [3.05, 3.63) is 24.0 Å². The van der Waals surface area contributed by atoms with E-state index in [-0.39, 0.29) is 11.4 Å². The van der Waals surface area contributed by atoms with Crippen LogP contribution in [0, 0.1) is 17.1 Å². The van der Waals surface area contributed by atoms with Crippen molar-refractivity contribution in [3.63, 3.8) is 0 Å². The lowest BCUT2D eigenvalue weighted by atomic mass is 10.3. The molecule has 7 heteroatoms. The molecule has 1 rings (SSSR count). The number of benzene rings is 1. The van der Waals surface area contributed by atoms with Gasteiger partial charge in [-0.05, 0) is 12.1 Å². The Hall–Kier alpha value is -1.81. The molecule has 0 bridgehead atoms. The first-order valence-corrected chi connectivity index (χ1v) is 5.84. The molecule has 0 aromatic heterocycles. The number of nitrogens with one attached hydrogen (secondary N) is 1. The summed E-state index contributed by atoms with van der Waals surface area (Å²) < 4.78 is 42.2. The van der Waals surface area contributed by atoms with Gasteiger partial charge in [0, 0.05) is 6.07 Å². The van der Waals surface area contributed by atoms with Gasteiger partial charge in [0.05, 0.1) is 18.9 Å². The number of nitrogens with zero attached hydrogens (tertiary/aromatic N) is 1. The SMILES string of the molecule is COc1cc(NS(=O)(=O)CC#N)ccc1F. The van der Waals surface area contributed by atoms with Gasteiger partial charge < -0.3 is 4.74 Å². The van der Waals surface area contributed by atoms with Gasteiger partial charge in [0.25, 0.3) is 0 Å². The Labute approximate surface area is 92.5 Å². The Morgan fingerprint density at radius 3 is 2.81 bits per heavy atom. The van der Waals surface area contributed by atoms with Gasteiger partial charge in [0.2, 0.25) is 10.0 Å². The van der Waals surface area contributed by atoms with E-state index in [9.17, 15) is 12.8 Å². The second-order valence-corrected chi connectivity index (χ2v) is 4.59. The monoisotopic (exact) mass is 244 g/mol. The highest BCUT2D eigenvalue weighted by Gasteiger charge is 2.11. The third kappa shape index (κ3) is 3.10. The number of sulfonamides is 1. The maximum absolute atomic E-state index is 13.0. The zero-order chi connectivity index (χ0) is 12.2. The molecule has 0 aliphatic carbocycles. The topological polar surface area (TPSA) is 79.2 Å². The Kier molecular flexibility index (Phi) is 3.68. The number of anilines is 1. The lowest BCUT2D eigenvalue weighted by Crippen LogP contribution is -2.15. The maximum Gasteiger partial charge on any atom is 0.246 e. The van der Waals surface area contributed by atoms with Gasteiger partial charge in [0.15, 0.2) is 17.3 Å². The lowest BCUT2D eigenvalue weighted by molar-refractivity contribution is 0.387. The molecule has 0 atom stereocenters. The van der Waals surface area contributed by atoms with Crippen LogP contribution in [0.25, 0.3) is 0 Å². The third-order valence-electron chi connectivity index (χ3n) is 1.68. The third-order valence-corrected chi connectivity index (χ3v) is 2.73. The average molecular weight is 244 g/mol. The Bertz CT molecular complexity index is 522. The van der Waals surface area contributed by atoms with Crippen LogP contribution in [0.5, 0.6) is 5.75 Å². The molecular formula is C9H9FN2O3S. The standard InChI is InChI=1S/C9H9FN2O3S/c1-15-9-6-7(2-3-8(9)10)12-16(13,14)5-4-11/h2-3,6,12H,5H2,1H3. The van der Waals surface area contributed by atoms with Crippen LogP contribution >= 0.6 is 0 Å². The van der Waals surface area contributed by atoms with E-state index in [0.717, 1.165) is 6.07 Å². The van der Waals surface area contributed by atoms with Crippen molar-refractivity contribution in [2.45, 2.75) is 0 Å². The Morgan fingerprint density at radius 1 is 1.56 bits per heavy atom. The predicted octanol–water partition coefficient (Wildman–Crippen LogP) is 1.10. The summed E-state index contributed by atoms with van der Waals surface area (Å²) in [7, 11) is -2.44. The first kappa shape index (κ1) is 12.3. The molecule has 0 aliphatic heterocycles. The van der Waals surface area contributed by atoms with Crippen LogP contribution in [-0.2, 0) is 10.0 Å². The molecule has 0 saturated carbocycles. The average Bonchev–Trinajstić information content (AvgIpc) is 2.20. The molecule has 86 valence electrons. The number of hydrogen-bond donors (Lipinski definition) is 1. The van der Waals surface area contributed by atoms with Crippen LogP contribution in [0.15, 0.2) is 18.2 Å². The van der Waals surface area contributed by atoms with Crippen molar-refractivity contribution in [2.24, 2.45) is 0 Å². The largest absolute Gasteiger partial charge is 0.494 e. The minimum atomic E-state index is -3.71. The fourth-order valence-electron chi connectivity index (χ4n) is 1.02. The van der Waals surface area contributed by atoms with E-state index in [1.807, 2.05) is 0 Å². The van der Waals surface area contributed by atoms with Crippen molar-refractivity contribution in [2.75, 3.05) is 17.6 Å². The molecule has 16 heavy (non-hydrogen) atoms. The van der Waals surface area contributed by atoms with Gasteiger partial charge in [-0.25, -0.2) is 12.8 Å². The van der Waals surface area contributed by atoms with Crippen LogP contribution < -0.4 is 9.46 Å². The normalized spacial score (nSPS) is 10.6. The molecule has 0 radical (unpaired) electrons. The summed E-state index contributed by atoms with van der Waals surface area (Å²) in [6.45, 7) is 0. The summed E-state index contributed by atoms with van der Waals surface area (Å²) >= 11 is 0. The van der Waals surface area contributed by atoms with Crippen molar-refractivity contribution >= 4 is 15.7 Å². The number of ether oxygens (including phenoxy) is 1. The summed E-state index contributed by atoms with van der Waals surface area (Å²) in [6.07, 6.45) is 0. The fraction of sp³-hybridized carbons (Fsp3) is 0.222. The highest BCUT2D eigenvalue weighted by molar-refractivity contribution is 7.92. The smallest absolute Gasteiger partial charge is 0.246 e. The quantitative estimate of drug-likeness (QED) is 0.860. The van der Waals surface area contributed by atoms with Gasteiger partial charge in [0.1, 0.15) is 0 Å². The van der Waals surface area contributed by atoms with Crippen LogP contribution in [-0.4, -0.2) is 21.3 Å². The summed E-state index contributed by atoms with van der Waals surface area (Å²) in [5.74, 6) is -1.32. The molecule has 0 fully saturated rings. The number of methoxy groups -OCH3 is 1. The summed E-state index contributed by atoms with van der Waals surface area (Å²) in [5.41, 5.74) is 0.147. The molecular weight excluding hydrogens is 235 g/mol. The lowest BCUT2D eigenvalue weighted by Gasteiger charge is -2.07. The van der Waals surface area contributed by atoms with Gasteiger partial charge >= 0.3 is 0 Å².